The fourth-order valence-corrected chi connectivity index (χ4v) is 2.10. The predicted molar refractivity (Wildman–Crippen MR) is 83.7 cm³/mol. The summed E-state index contributed by atoms with van der Waals surface area (Å²) in [6.45, 7) is 1.16. The Morgan fingerprint density at radius 3 is 2.43 bits per heavy atom. The third-order valence-electron chi connectivity index (χ3n) is 3.18. The van der Waals surface area contributed by atoms with Crippen molar-refractivity contribution in [3.63, 3.8) is 0 Å². The number of Topliss-reactive ketones (excluding diaryl/α,β-unsaturated/α-hetero) is 1. The molecule has 0 saturated carbocycles. The van der Waals surface area contributed by atoms with Crippen molar-refractivity contribution in [1.29, 1.82) is 0 Å². The zero-order chi connectivity index (χ0) is 16.8. The lowest BCUT2D eigenvalue weighted by atomic mass is 10.2. The number of nitrogens with zero attached hydrogens (tertiary/aromatic N) is 2. The Bertz CT molecular complexity index is 709. The second kappa shape index (κ2) is 7.26. The molecule has 0 aliphatic heterocycles. The average molecular weight is 315 g/mol. The Labute approximate surface area is 133 Å². The summed E-state index contributed by atoms with van der Waals surface area (Å²) in [6.07, 6.45) is 0.333. The van der Waals surface area contributed by atoms with Gasteiger partial charge in [-0.1, -0.05) is 30.3 Å². The highest BCUT2D eigenvalue weighted by Crippen LogP contribution is 2.05. The zero-order valence-electron chi connectivity index (χ0n) is 12.6. The van der Waals surface area contributed by atoms with Gasteiger partial charge in [-0.3, -0.25) is 24.6 Å². The highest BCUT2D eigenvalue weighted by Gasteiger charge is 2.17. The summed E-state index contributed by atoms with van der Waals surface area (Å²) < 4.78 is 1.28. The van der Waals surface area contributed by atoms with E-state index in [4.69, 9.17) is 0 Å². The van der Waals surface area contributed by atoms with Crippen LogP contribution in [-0.4, -0.2) is 39.0 Å². The maximum Gasteiger partial charge on any atom is 0.408 e. The number of rotatable bonds is 6. The Kier molecular flexibility index (Phi) is 5.14. The molecular formula is C16H17N3O4. The second-order valence-electron chi connectivity index (χ2n) is 4.98. The van der Waals surface area contributed by atoms with E-state index in [0.29, 0.717) is 5.69 Å². The van der Waals surface area contributed by atoms with Gasteiger partial charge in [-0.05, 0) is 17.7 Å². The number of benzene rings is 1. The number of carboxylic acid groups (broad SMARTS) is 1. The molecular weight excluding hydrogens is 298 g/mol. The van der Waals surface area contributed by atoms with Crippen molar-refractivity contribution in [3.05, 3.63) is 59.9 Å². The van der Waals surface area contributed by atoms with Gasteiger partial charge in [0, 0.05) is 19.7 Å². The van der Waals surface area contributed by atoms with Crippen LogP contribution in [0.4, 0.5) is 4.79 Å². The molecule has 0 aliphatic carbocycles. The predicted octanol–water partition coefficient (Wildman–Crippen LogP) is 1.94. The molecule has 0 aliphatic rings. The largest absolute Gasteiger partial charge is 0.465 e. The van der Waals surface area contributed by atoms with Crippen molar-refractivity contribution in [2.45, 2.75) is 13.5 Å². The van der Waals surface area contributed by atoms with E-state index in [0.717, 1.165) is 10.5 Å². The van der Waals surface area contributed by atoms with Crippen LogP contribution >= 0.6 is 0 Å². The van der Waals surface area contributed by atoms with Crippen LogP contribution in [0.3, 0.4) is 0 Å². The highest BCUT2D eigenvalue weighted by atomic mass is 16.4. The third-order valence-corrected chi connectivity index (χ3v) is 3.18. The van der Waals surface area contributed by atoms with Gasteiger partial charge in [-0.15, -0.1) is 0 Å². The Morgan fingerprint density at radius 2 is 1.83 bits per heavy atom. The van der Waals surface area contributed by atoms with Gasteiger partial charge in [0.05, 0.1) is 0 Å². The summed E-state index contributed by atoms with van der Waals surface area (Å²) in [7, 11) is 0. The first kappa shape index (κ1) is 16.3. The fourth-order valence-electron chi connectivity index (χ4n) is 2.10. The second-order valence-corrected chi connectivity index (χ2v) is 4.98. The quantitative estimate of drug-likeness (QED) is 0.797. The minimum absolute atomic E-state index is 0.106. The minimum atomic E-state index is -1.19. The van der Waals surface area contributed by atoms with Gasteiger partial charge in [0.15, 0.2) is 5.78 Å². The summed E-state index contributed by atoms with van der Waals surface area (Å²) in [5.41, 5.74) is 3.60. The van der Waals surface area contributed by atoms with E-state index in [2.05, 4.69) is 5.43 Å². The number of carbonyl (C=O) groups is 3. The number of carbonyl (C=O) groups excluding carboxylic acids is 2. The standard InChI is InChI=1S/C16H17N3O4/c1-12(20)14-8-5-9-19(14)17-15(21)11-18(16(22)23)10-13-6-3-2-4-7-13/h2-9H,10-11H2,1H3,(H,17,21)(H,22,23). The molecule has 23 heavy (non-hydrogen) atoms. The molecule has 7 heteroatoms. The van der Waals surface area contributed by atoms with E-state index in [-0.39, 0.29) is 18.9 Å². The maximum absolute atomic E-state index is 12.0. The van der Waals surface area contributed by atoms with Crippen LogP contribution in [0.2, 0.25) is 0 Å². The maximum atomic E-state index is 12.0. The van der Waals surface area contributed by atoms with Crippen molar-refractivity contribution in [3.8, 4) is 0 Å². The molecule has 0 fully saturated rings. The van der Waals surface area contributed by atoms with Crippen LogP contribution in [-0.2, 0) is 11.3 Å². The molecule has 1 aromatic carbocycles. The number of nitrogens with one attached hydrogen (secondary N) is 1. The number of hydrogen-bond donors (Lipinski definition) is 2. The van der Waals surface area contributed by atoms with E-state index < -0.39 is 12.0 Å². The van der Waals surface area contributed by atoms with Gasteiger partial charge in [0.2, 0.25) is 0 Å². The summed E-state index contributed by atoms with van der Waals surface area (Å²) in [5.74, 6) is -0.725. The molecule has 1 heterocycles. The topological polar surface area (TPSA) is 91.6 Å². The number of amides is 2. The van der Waals surface area contributed by atoms with Crippen LogP contribution in [0, 0.1) is 0 Å². The first-order valence-electron chi connectivity index (χ1n) is 6.97. The van der Waals surface area contributed by atoms with Crippen molar-refractivity contribution in [2.75, 3.05) is 12.0 Å². The first-order valence-corrected chi connectivity index (χ1v) is 6.97. The summed E-state index contributed by atoms with van der Waals surface area (Å²) in [6, 6.07) is 12.2. The number of aromatic nitrogens is 1. The molecule has 120 valence electrons. The van der Waals surface area contributed by atoms with E-state index in [1.54, 1.807) is 36.4 Å². The molecule has 2 N–H and O–H groups in total. The van der Waals surface area contributed by atoms with Crippen molar-refractivity contribution in [1.82, 2.24) is 9.58 Å². The summed E-state index contributed by atoms with van der Waals surface area (Å²) >= 11 is 0. The van der Waals surface area contributed by atoms with Gasteiger partial charge in [-0.2, -0.15) is 0 Å². The molecule has 2 rings (SSSR count). The Hall–Kier alpha value is -3.09. The molecule has 1 aromatic heterocycles. The SMILES string of the molecule is CC(=O)c1cccn1NC(=O)CN(Cc1ccccc1)C(=O)O. The van der Waals surface area contributed by atoms with Crippen molar-refractivity contribution in [2.24, 2.45) is 0 Å². The molecule has 0 radical (unpaired) electrons. The van der Waals surface area contributed by atoms with Crippen LogP contribution < -0.4 is 5.43 Å². The molecule has 2 amide bonds. The van der Waals surface area contributed by atoms with Crippen molar-refractivity contribution >= 4 is 17.8 Å². The number of hydrogen-bond acceptors (Lipinski definition) is 3. The molecule has 0 atom stereocenters. The van der Waals surface area contributed by atoms with E-state index >= 15 is 0 Å². The minimum Gasteiger partial charge on any atom is -0.465 e. The lowest BCUT2D eigenvalue weighted by Gasteiger charge is -2.19. The first-order chi connectivity index (χ1) is 11.0. The monoisotopic (exact) mass is 315 g/mol. The van der Waals surface area contributed by atoms with Crippen LogP contribution in [0.1, 0.15) is 23.0 Å². The van der Waals surface area contributed by atoms with E-state index in [1.165, 1.54) is 17.8 Å². The van der Waals surface area contributed by atoms with Crippen LogP contribution in [0.25, 0.3) is 0 Å². The average Bonchev–Trinajstić information content (AvgIpc) is 2.95. The van der Waals surface area contributed by atoms with E-state index in [9.17, 15) is 19.5 Å². The molecule has 0 bridgehead atoms. The molecule has 0 spiro atoms. The number of ketones is 1. The van der Waals surface area contributed by atoms with Gasteiger partial charge >= 0.3 is 6.09 Å². The normalized spacial score (nSPS) is 10.1. The Balaban J connectivity index is 2.02. The van der Waals surface area contributed by atoms with E-state index in [1.807, 2.05) is 6.07 Å². The lowest BCUT2D eigenvalue weighted by molar-refractivity contribution is -0.118. The third kappa shape index (κ3) is 4.44. The highest BCUT2D eigenvalue weighted by molar-refractivity contribution is 5.94. The van der Waals surface area contributed by atoms with Crippen molar-refractivity contribution < 1.29 is 19.5 Å². The summed E-state index contributed by atoms with van der Waals surface area (Å²) in [4.78, 5) is 35.7. The lowest BCUT2D eigenvalue weighted by Crippen LogP contribution is -2.39. The van der Waals surface area contributed by atoms with Gasteiger partial charge < -0.3 is 5.11 Å². The van der Waals surface area contributed by atoms with Gasteiger partial charge in [0.25, 0.3) is 5.91 Å². The molecule has 7 nitrogen and oxygen atoms in total. The Morgan fingerprint density at radius 1 is 1.13 bits per heavy atom. The van der Waals surface area contributed by atoms with Gasteiger partial charge in [-0.25, -0.2) is 4.79 Å². The van der Waals surface area contributed by atoms with Crippen LogP contribution in [0.5, 0.6) is 0 Å². The fraction of sp³-hybridized carbons (Fsp3) is 0.188. The smallest absolute Gasteiger partial charge is 0.408 e. The molecule has 0 unspecified atom stereocenters. The van der Waals surface area contributed by atoms with Crippen LogP contribution in [0.15, 0.2) is 48.7 Å². The van der Waals surface area contributed by atoms with Gasteiger partial charge in [0.1, 0.15) is 12.2 Å². The summed E-state index contributed by atoms with van der Waals surface area (Å²) in [5, 5.41) is 9.24. The zero-order valence-corrected chi connectivity index (χ0v) is 12.6. The molecule has 0 saturated heterocycles. The molecule has 2 aromatic rings.